The average molecular weight is 525 g/mol. The summed E-state index contributed by atoms with van der Waals surface area (Å²) in [7, 11) is 3.37. The van der Waals surface area contributed by atoms with Crippen LogP contribution in [-0.2, 0) is 22.6 Å². The predicted molar refractivity (Wildman–Crippen MR) is 150 cm³/mol. The molecule has 4 amide bonds. The van der Waals surface area contributed by atoms with Crippen molar-refractivity contribution >= 4 is 34.3 Å². The van der Waals surface area contributed by atoms with Crippen molar-refractivity contribution in [3.63, 3.8) is 0 Å². The Hall–Kier alpha value is -4.55. The summed E-state index contributed by atoms with van der Waals surface area (Å²) in [6.45, 7) is 0.604. The lowest BCUT2D eigenvalue weighted by molar-refractivity contribution is -0.157. The lowest BCUT2D eigenvalue weighted by Crippen LogP contribution is -2.66. The molecule has 200 valence electrons. The zero-order valence-electron chi connectivity index (χ0n) is 22.1. The summed E-state index contributed by atoms with van der Waals surface area (Å²) in [6, 6.07) is 20.9. The number of benzene rings is 3. The van der Waals surface area contributed by atoms with E-state index in [1.54, 1.807) is 14.8 Å². The van der Waals surface area contributed by atoms with Gasteiger partial charge in [-0.25, -0.2) is 9.80 Å². The number of urea groups is 1. The quantitative estimate of drug-likeness (QED) is 0.464. The SMILES string of the molecule is C#CCN(C(=O)NC)N1CC(=O)N2[C@@H](Cc3ccc(NC)cc3)C(=O)N(Cc3cccc4ccccc34)C[C@@H]21. The predicted octanol–water partition coefficient (Wildman–Crippen LogP) is 2.49. The van der Waals surface area contributed by atoms with E-state index in [4.69, 9.17) is 6.42 Å². The molecule has 0 aliphatic carbocycles. The summed E-state index contributed by atoms with van der Waals surface area (Å²) >= 11 is 0. The van der Waals surface area contributed by atoms with Crippen LogP contribution in [0.25, 0.3) is 10.8 Å². The number of hydrazine groups is 1. The fourth-order valence-corrected chi connectivity index (χ4v) is 5.55. The first-order chi connectivity index (χ1) is 18.9. The van der Waals surface area contributed by atoms with E-state index in [-0.39, 0.29) is 31.4 Å². The largest absolute Gasteiger partial charge is 0.388 e. The maximum Gasteiger partial charge on any atom is 0.332 e. The van der Waals surface area contributed by atoms with E-state index in [2.05, 4.69) is 34.8 Å². The average Bonchev–Trinajstić information content (AvgIpc) is 3.29. The van der Waals surface area contributed by atoms with Gasteiger partial charge >= 0.3 is 6.03 Å². The van der Waals surface area contributed by atoms with E-state index >= 15 is 0 Å². The van der Waals surface area contributed by atoms with Crippen LogP contribution in [0.1, 0.15) is 11.1 Å². The fourth-order valence-electron chi connectivity index (χ4n) is 5.55. The van der Waals surface area contributed by atoms with Crippen molar-refractivity contribution < 1.29 is 14.4 Å². The Morgan fingerprint density at radius 1 is 1.05 bits per heavy atom. The highest BCUT2D eigenvalue weighted by Gasteiger charge is 2.52. The molecule has 3 aromatic carbocycles. The Bertz CT molecular complexity index is 1430. The first-order valence-corrected chi connectivity index (χ1v) is 13.0. The molecule has 2 fully saturated rings. The molecule has 2 heterocycles. The second kappa shape index (κ2) is 11.1. The number of carbonyl (C=O) groups excluding carboxylic acids is 3. The third-order valence-electron chi connectivity index (χ3n) is 7.48. The Kier molecular flexibility index (Phi) is 7.39. The van der Waals surface area contributed by atoms with Crippen molar-refractivity contribution in [3.8, 4) is 12.3 Å². The monoisotopic (exact) mass is 524 g/mol. The molecule has 9 nitrogen and oxygen atoms in total. The van der Waals surface area contributed by atoms with Crippen LogP contribution in [0.5, 0.6) is 0 Å². The molecule has 0 bridgehead atoms. The lowest BCUT2D eigenvalue weighted by Gasteiger charge is -2.46. The van der Waals surface area contributed by atoms with E-state index in [1.165, 1.54) is 12.1 Å². The molecule has 0 aromatic heterocycles. The fraction of sp³-hybridized carbons (Fsp3) is 0.300. The summed E-state index contributed by atoms with van der Waals surface area (Å²) in [6.07, 6.45) is 5.41. The van der Waals surface area contributed by atoms with Gasteiger partial charge in [-0.2, -0.15) is 5.01 Å². The number of amides is 4. The Labute approximate surface area is 228 Å². The van der Waals surface area contributed by atoms with Gasteiger partial charge in [-0.1, -0.05) is 60.5 Å². The van der Waals surface area contributed by atoms with Crippen LogP contribution in [0, 0.1) is 12.3 Å². The van der Waals surface area contributed by atoms with Crippen LogP contribution in [0.15, 0.2) is 66.7 Å². The zero-order chi connectivity index (χ0) is 27.5. The normalized spacial score (nSPS) is 19.1. The Balaban J connectivity index is 1.52. The van der Waals surface area contributed by atoms with Gasteiger partial charge in [0.15, 0.2) is 0 Å². The highest BCUT2D eigenvalue weighted by Crippen LogP contribution is 2.31. The molecule has 2 N–H and O–H groups in total. The van der Waals surface area contributed by atoms with E-state index < -0.39 is 18.2 Å². The van der Waals surface area contributed by atoms with Crippen molar-refractivity contribution in [3.05, 3.63) is 77.9 Å². The number of nitrogens with one attached hydrogen (secondary N) is 2. The van der Waals surface area contributed by atoms with Crippen LogP contribution in [0.2, 0.25) is 0 Å². The molecule has 0 unspecified atom stereocenters. The van der Waals surface area contributed by atoms with Crippen LogP contribution < -0.4 is 10.6 Å². The maximum atomic E-state index is 14.0. The van der Waals surface area contributed by atoms with Gasteiger partial charge in [0.1, 0.15) is 12.2 Å². The minimum Gasteiger partial charge on any atom is -0.388 e. The standard InChI is InChI=1S/C30H32N6O3/c1-4-16-34(30(39)32-3)35-20-28(37)36-26(17-21-12-14-24(31-2)15-13-21)29(38)33(19-27(35)36)18-23-10-7-9-22-8-5-6-11-25(22)23/h1,5-15,26-27,31H,16-20H2,2-3H3,(H,32,39)/t26-,27+/m0/s1. The van der Waals surface area contributed by atoms with Crippen molar-refractivity contribution in [1.82, 2.24) is 25.1 Å². The summed E-state index contributed by atoms with van der Waals surface area (Å²) in [4.78, 5) is 43.7. The van der Waals surface area contributed by atoms with Crippen LogP contribution in [-0.4, -0.2) is 83.6 Å². The number of hydrogen-bond acceptors (Lipinski definition) is 5. The number of hydrogen-bond donors (Lipinski definition) is 2. The summed E-state index contributed by atoms with van der Waals surface area (Å²) < 4.78 is 0. The van der Waals surface area contributed by atoms with Gasteiger partial charge in [-0.05, 0) is 34.0 Å². The number of anilines is 1. The highest BCUT2D eigenvalue weighted by atomic mass is 16.2. The molecule has 3 aromatic rings. The second-order valence-electron chi connectivity index (χ2n) is 9.72. The van der Waals surface area contributed by atoms with E-state index in [0.717, 1.165) is 27.6 Å². The van der Waals surface area contributed by atoms with Crippen molar-refractivity contribution in [2.75, 3.05) is 39.0 Å². The zero-order valence-corrected chi connectivity index (χ0v) is 22.1. The van der Waals surface area contributed by atoms with Gasteiger partial charge in [0.2, 0.25) is 11.8 Å². The molecule has 2 aliphatic heterocycles. The van der Waals surface area contributed by atoms with E-state index in [1.807, 2.05) is 55.6 Å². The van der Waals surface area contributed by atoms with Crippen molar-refractivity contribution in [2.24, 2.45) is 0 Å². The summed E-state index contributed by atoms with van der Waals surface area (Å²) in [5.41, 5.74) is 2.92. The maximum absolute atomic E-state index is 14.0. The molecule has 2 aliphatic rings. The summed E-state index contributed by atoms with van der Waals surface area (Å²) in [5.74, 6) is 2.20. The molecule has 2 atom stereocenters. The number of fused-ring (bicyclic) bond motifs is 2. The first kappa shape index (κ1) is 26.1. The van der Waals surface area contributed by atoms with Gasteiger partial charge < -0.3 is 20.4 Å². The molecule has 0 radical (unpaired) electrons. The van der Waals surface area contributed by atoms with Crippen LogP contribution >= 0.6 is 0 Å². The van der Waals surface area contributed by atoms with E-state index in [0.29, 0.717) is 13.0 Å². The van der Waals surface area contributed by atoms with Gasteiger partial charge in [0.25, 0.3) is 0 Å². The Morgan fingerprint density at radius 2 is 1.79 bits per heavy atom. The minimum atomic E-state index is -0.714. The second-order valence-corrected chi connectivity index (χ2v) is 9.72. The van der Waals surface area contributed by atoms with Gasteiger partial charge in [0, 0.05) is 32.7 Å². The van der Waals surface area contributed by atoms with Gasteiger partial charge in [-0.15, -0.1) is 6.42 Å². The molecule has 39 heavy (non-hydrogen) atoms. The molecular weight excluding hydrogens is 492 g/mol. The molecule has 0 spiro atoms. The van der Waals surface area contributed by atoms with Crippen LogP contribution in [0.4, 0.5) is 10.5 Å². The van der Waals surface area contributed by atoms with Crippen LogP contribution in [0.3, 0.4) is 0 Å². The third kappa shape index (κ3) is 4.99. The van der Waals surface area contributed by atoms with Gasteiger partial charge in [0.05, 0.1) is 19.6 Å². The smallest absolute Gasteiger partial charge is 0.332 e. The molecule has 9 heteroatoms. The molecule has 2 saturated heterocycles. The first-order valence-electron chi connectivity index (χ1n) is 13.0. The Morgan fingerprint density at radius 3 is 2.51 bits per heavy atom. The molecular formula is C30H32N6O3. The number of piperazine rings is 1. The van der Waals surface area contributed by atoms with E-state index in [9.17, 15) is 14.4 Å². The topological polar surface area (TPSA) is 88.2 Å². The van der Waals surface area contributed by atoms with Gasteiger partial charge in [-0.3, -0.25) is 9.59 Å². The molecule has 5 rings (SSSR count). The number of carbonyl (C=O) groups is 3. The lowest BCUT2D eigenvalue weighted by atomic mass is 9.98. The van der Waals surface area contributed by atoms with Crippen molar-refractivity contribution in [2.45, 2.75) is 25.2 Å². The number of nitrogens with zero attached hydrogens (tertiary/aromatic N) is 4. The highest BCUT2D eigenvalue weighted by molar-refractivity contribution is 5.92. The third-order valence-corrected chi connectivity index (χ3v) is 7.48. The minimum absolute atomic E-state index is 0.00467. The molecule has 0 saturated carbocycles. The van der Waals surface area contributed by atoms with Crippen molar-refractivity contribution in [1.29, 1.82) is 0 Å². The number of rotatable bonds is 7. The summed E-state index contributed by atoms with van der Waals surface area (Å²) in [5, 5.41) is 11.0. The number of terminal acetylenes is 1.